The van der Waals surface area contributed by atoms with Gasteiger partial charge in [-0.15, -0.1) is 17.0 Å². The smallest absolute Gasteiger partial charge is 0.253 e. The number of nitrogens with one attached hydrogen (secondary N) is 1. The highest BCUT2D eigenvalue weighted by molar-refractivity contribution is 8.93. The second kappa shape index (κ2) is 11.0. The highest BCUT2D eigenvalue weighted by Gasteiger charge is 2.18. The minimum Gasteiger partial charge on any atom is -0.340 e. The van der Waals surface area contributed by atoms with Crippen molar-refractivity contribution in [1.29, 1.82) is 5.41 Å². The molecule has 0 saturated carbocycles. The Bertz CT molecular complexity index is 1380. The van der Waals surface area contributed by atoms with Crippen LogP contribution in [0.4, 0.5) is 0 Å². The SMILES string of the molecule is Br.CN(CCn1c(=N)n(CC(=O)c2ccc(Cl)cc2)c2cccc(Cl)c21)C(=O)c1ccccc1. The van der Waals surface area contributed by atoms with E-state index in [9.17, 15) is 9.59 Å². The third-order valence-corrected chi connectivity index (χ3v) is 6.09. The predicted molar refractivity (Wildman–Crippen MR) is 140 cm³/mol. The molecular formula is C25H23BrCl2N4O2. The maximum atomic E-state index is 12.9. The van der Waals surface area contributed by atoms with E-state index in [4.69, 9.17) is 28.6 Å². The maximum Gasteiger partial charge on any atom is 0.253 e. The summed E-state index contributed by atoms with van der Waals surface area (Å²) in [6.45, 7) is 0.721. The van der Waals surface area contributed by atoms with E-state index in [0.717, 1.165) is 0 Å². The maximum absolute atomic E-state index is 12.9. The van der Waals surface area contributed by atoms with Crippen molar-refractivity contribution < 1.29 is 9.59 Å². The van der Waals surface area contributed by atoms with Crippen molar-refractivity contribution in [2.45, 2.75) is 13.1 Å². The molecule has 0 aliphatic rings. The molecule has 6 nitrogen and oxygen atoms in total. The molecule has 1 aromatic heterocycles. The van der Waals surface area contributed by atoms with Gasteiger partial charge in [0, 0.05) is 36.3 Å². The molecule has 0 radical (unpaired) electrons. The van der Waals surface area contributed by atoms with Crippen LogP contribution in [0.25, 0.3) is 11.0 Å². The number of hydrogen-bond donors (Lipinski definition) is 1. The molecule has 1 amide bonds. The number of para-hydroxylation sites is 1. The van der Waals surface area contributed by atoms with Crippen LogP contribution in [0.3, 0.4) is 0 Å². The van der Waals surface area contributed by atoms with Crippen LogP contribution < -0.4 is 5.62 Å². The quantitative estimate of drug-likeness (QED) is 0.304. The van der Waals surface area contributed by atoms with Gasteiger partial charge in [-0.25, -0.2) is 0 Å². The Morgan fingerprint density at radius 2 is 1.56 bits per heavy atom. The second-order valence-corrected chi connectivity index (χ2v) is 8.54. The number of amides is 1. The van der Waals surface area contributed by atoms with Crippen LogP contribution in [-0.4, -0.2) is 39.3 Å². The molecule has 0 aliphatic heterocycles. The summed E-state index contributed by atoms with van der Waals surface area (Å²) in [5.74, 6) is -0.240. The van der Waals surface area contributed by atoms with Crippen LogP contribution in [0.2, 0.25) is 10.0 Å². The van der Waals surface area contributed by atoms with E-state index in [-0.39, 0.29) is 40.8 Å². The number of Topliss-reactive ketones (excluding diaryl/α,β-unsaturated/α-hetero) is 1. The lowest BCUT2D eigenvalue weighted by Crippen LogP contribution is -2.34. The van der Waals surface area contributed by atoms with Crippen molar-refractivity contribution >= 4 is 62.9 Å². The second-order valence-electron chi connectivity index (χ2n) is 7.69. The van der Waals surface area contributed by atoms with Gasteiger partial charge in [-0.2, -0.15) is 0 Å². The van der Waals surface area contributed by atoms with Gasteiger partial charge in [0.15, 0.2) is 5.78 Å². The van der Waals surface area contributed by atoms with Crippen molar-refractivity contribution in [2.24, 2.45) is 0 Å². The van der Waals surface area contributed by atoms with E-state index in [1.165, 1.54) is 0 Å². The Morgan fingerprint density at radius 1 is 0.882 bits per heavy atom. The number of rotatable bonds is 7. The zero-order valence-electron chi connectivity index (χ0n) is 18.4. The van der Waals surface area contributed by atoms with Gasteiger partial charge in [0.25, 0.3) is 5.91 Å². The number of carbonyl (C=O) groups excluding carboxylic acids is 2. The third-order valence-electron chi connectivity index (χ3n) is 5.53. The van der Waals surface area contributed by atoms with E-state index >= 15 is 0 Å². The first-order valence-electron chi connectivity index (χ1n) is 10.4. The molecule has 4 rings (SSSR count). The molecule has 0 unspecified atom stereocenters. The number of aromatic nitrogens is 2. The van der Waals surface area contributed by atoms with Crippen molar-refractivity contribution in [3.63, 3.8) is 0 Å². The molecule has 4 aromatic rings. The summed E-state index contributed by atoms with van der Waals surface area (Å²) in [7, 11) is 1.73. The lowest BCUT2D eigenvalue weighted by Gasteiger charge is -2.18. The fraction of sp³-hybridized carbons (Fsp3) is 0.160. The van der Waals surface area contributed by atoms with Crippen LogP contribution in [-0.2, 0) is 13.1 Å². The van der Waals surface area contributed by atoms with Gasteiger partial charge in [-0.05, 0) is 48.5 Å². The largest absolute Gasteiger partial charge is 0.340 e. The summed E-state index contributed by atoms with van der Waals surface area (Å²) in [4.78, 5) is 27.2. The topological polar surface area (TPSA) is 71.1 Å². The Labute approximate surface area is 217 Å². The molecule has 34 heavy (non-hydrogen) atoms. The summed E-state index contributed by atoms with van der Waals surface area (Å²) in [5.41, 5.74) is 2.61. The summed E-state index contributed by atoms with van der Waals surface area (Å²) < 4.78 is 3.37. The van der Waals surface area contributed by atoms with E-state index in [2.05, 4.69) is 0 Å². The number of benzene rings is 3. The molecule has 176 valence electrons. The van der Waals surface area contributed by atoms with Crippen LogP contribution >= 0.6 is 40.2 Å². The molecule has 0 atom stereocenters. The number of halogens is 3. The Hall–Kier alpha value is -2.87. The number of carbonyl (C=O) groups is 2. The standard InChI is InChI=1S/C25H22Cl2N4O2.BrH/c1-29(24(33)18-6-3-2-4-7-18)14-15-30-23-20(27)8-5-9-21(23)31(25(30)28)16-22(32)17-10-12-19(26)13-11-17;/h2-13,28H,14-16H2,1H3;1H. The third kappa shape index (κ3) is 5.27. The van der Waals surface area contributed by atoms with Gasteiger partial charge >= 0.3 is 0 Å². The molecule has 3 aromatic carbocycles. The van der Waals surface area contributed by atoms with Gasteiger partial charge in [-0.1, -0.05) is 47.5 Å². The van der Waals surface area contributed by atoms with Crippen molar-refractivity contribution in [3.8, 4) is 0 Å². The minimum atomic E-state index is -0.138. The first kappa shape index (κ1) is 25.7. The molecule has 0 aliphatic carbocycles. The average molecular weight is 562 g/mol. The fourth-order valence-electron chi connectivity index (χ4n) is 3.76. The van der Waals surface area contributed by atoms with Gasteiger partial charge < -0.3 is 14.0 Å². The lowest BCUT2D eigenvalue weighted by atomic mass is 10.1. The van der Waals surface area contributed by atoms with Gasteiger partial charge in [0.05, 0.1) is 22.6 Å². The molecular weight excluding hydrogens is 539 g/mol. The summed E-state index contributed by atoms with van der Waals surface area (Å²) in [5, 5.41) is 9.80. The average Bonchev–Trinajstić information content (AvgIpc) is 3.09. The zero-order chi connectivity index (χ0) is 23.5. The van der Waals surface area contributed by atoms with Crippen LogP contribution in [0.5, 0.6) is 0 Å². The number of imidazole rings is 1. The summed E-state index contributed by atoms with van der Waals surface area (Å²) >= 11 is 12.4. The van der Waals surface area contributed by atoms with E-state index < -0.39 is 0 Å². The monoisotopic (exact) mass is 560 g/mol. The number of likely N-dealkylation sites (N-methyl/N-ethyl adjacent to an activating group) is 1. The molecule has 0 bridgehead atoms. The lowest BCUT2D eigenvalue weighted by molar-refractivity contribution is 0.0790. The Morgan fingerprint density at radius 3 is 2.24 bits per heavy atom. The fourth-order valence-corrected chi connectivity index (χ4v) is 4.15. The minimum absolute atomic E-state index is 0. The first-order valence-corrected chi connectivity index (χ1v) is 11.1. The van der Waals surface area contributed by atoms with Crippen molar-refractivity contribution in [1.82, 2.24) is 14.0 Å². The Balaban J connectivity index is 0.00000324. The normalized spacial score (nSPS) is 10.7. The first-order chi connectivity index (χ1) is 15.9. The summed E-state index contributed by atoms with van der Waals surface area (Å²) in [6.07, 6.45) is 0. The zero-order valence-corrected chi connectivity index (χ0v) is 21.6. The highest BCUT2D eigenvalue weighted by Crippen LogP contribution is 2.23. The molecule has 1 N–H and O–H groups in total. The molecule has 9 heteroatoms. The molecule has 0 saturated heterocycles. The Kier molecular flexibility index (Phi) is 8.36. The predicted octanol–water partition coefficient (Wildman–Crippen LogP) is 5.46. The number of nitrogens with zero attached hydrogens (tertiary/aromatic N) is 3. The van der Waals surface area contributed by atoms with Crippen LogP contribution in [0, 0.1) is 5.41 Å². The molecule has 0 fully saturated rings. The number of fused-ring (bicyclic) bond motifs is 1. The van der Waals surface area contributed by atoms with Crippen molar-refractivity contribution in [2.75, 3.05) is 13.6 Å². The molecule has 0 spiro atoms. The van der Waals surface area contributed by atoms with E-state index in [1.54, 1.807) is 69.6 Å². The van der Waals surface area contributed by atoms with Gasteiger partial charge in [-0.3, -0.25) is 15.0 Å². The highest BCUT2D eigenvalue weighted by atomic mass is 79.9. The summed E-state index contributed by atoms with van der Waals surface area (Å²) in [6, 6.07) is 21.1. The number of hydrogen-bond acceptors (Lipinski definition) is 3. The molecule has 1 heterocycles. The van der Waals surface area contributed by atoms with Crippen LogP contribution in [0.15, 0.2) is 72.8 Å². The number of ketones is 1. The van der Waals surface area contributed by atoms with Gasteiger partial charge in [0.1, 0.15) is 0 Å². The van der Waals surface area contributed by atoms with Crippen LogP contribution in [0.1, 0.15) is 20.7 Å². The van der Waals surface area contributed by atoms with Crippen molar-refractivity contribution in [3.05, 3.63) is 99.6 Å². The van der Waals surface area contributed by atoms with E-state index in [0.29, 0.717) is 45.3 Å². The van der Waals surface area contributed by atoms with E-state index in [1.807, 2.05) is 24.3 Å². The van der Waals surface area contributed by atoms with Gasteiger partial charge in [0.2, 0.25) is 5.62 Å².